The summed E-state index contributed by atoms with van der Waals surface area (Å²) in [7, 11) is 0. The van der Waals surface area contributed by atoms with Gasteiger partial charge in [0.25, 0.3) is 0 Å². The average Bonchev–Trinajstić information content (AvgIpc) is 2.52. The van der Waals surface area contributed by atoms with Crippen LogP contribution in [0.4, 0.5) is 23.7 Å². The first-order valence-electron chi connectivity index (χ1n) is 4.67. The minimum Gasteiger partial charge on any atom is -0.269 e. The Balaban J connectivity index is 2.33. The first kappa shape index (κ1) is 12.1. The van der Waals surface area contributed by atoms with Crippen LogP contribution in [-0.2, 0) is 15.8 Å². The van der Waals surface area contributed by atoms with Crippen LogP contribution >= 0.6 is 0 Å². The molecule has 0 aromatic heterocycles. The number of carbonyl (C=O) groups is 3. The maximum Gasteiger partial charge on any atom is 0.416 e. The van der Waals surface area contributed by atoms with Crippen molar-refractivity contribution in [1.29, 1.82) is 0 Å². The lowest BCUT2D eigenvalue weighted by molar-refractivity contribution is -0.137. The van der Waals surface area contributed by atoms with Crippen LogP contribution in [0.2, 0.25) is 0 Å². The highest BCUT2D eigenvalue weighted by molar-refractivity contribution is 6.53. The van der Waals surface area contributed by atoms with Crippen LogP contribution in [0, 0.1) is 0 Å². The lowest BCUT2D eigenvalue weighted by atomic mass is 10.2. The molecule has 0 bridgehead atoms. The van der Waals surface area contributed by atoms with E-state index in [1.165, 1.54) is 0 Å². The lowest BCUT2D eigenvalue weighted by Gasteiger charge is -2.12. The van der Waals surface area contributed by atoms with E-state index in [2.05, 4.69) is 0 Å². The standard InChI is InChI=1S/C10H5F3N2O3/c11-10(12,13)5-1-3-6(4-2-5)15-8(17)7(16)14-9(15)18/h1-4H,(H,14,16,18). The molecule has 4 amide bonds. The summed E-state index contributed by atoms with van der Waals surface area (Å²) >= 11 is 0. The molecule has 1 aliphatic heterocycles. The molecule has 1 N–H and O–H groups in total. The molecule has 1 aliphatic rings. The van der Waals surface area contributed by atoms with Crippen LogP contribution in [0.25, 0.3) is 0 Å². The Kier molecular flexibility index (Phi) is 2.57. The molecule has 0 unspecified atom stereocenters. The molecule has 0 saturated carbocycles. The third kappa shape index (κ3) is 1.92. The van der Waals surface area contributed by atoms with Gasteiger partial charge >= 0.3 is 24.0 Å². The second kappa shape index (κ2) is 3.83. The Morgan fingerprint density at radius 2 is 1.56 bits per heavy atom. The maximum absolute atomic E-state index is 12.3. The summed E-state index contributed by atoms with van der Waals surface area (Å²) in [6.45, 7) is 0. The van der Waals surface area contributed by atoms with E-state index < -0.39 is 29.6 Å². The summed E-state index contributed by atoms with van der Waals surface area (Å²) in [6, 6.07) is 2.35. The average molecular weight is 258 g/mol. The molecule has 2 rings (SSSR count). The van der Waals surface area contributed by atoms with E-state index in [0.717, 1.165) is 24.3 Å². The number of nitrogens with zero attached hydrogens (tertiary/aromatic N) is 1. The van der Waals surface area contributed by atoms with E-state index in [0.29, 0.717) is 4.90 Å². The largest absolute Gasteiger partial charge is 0.416 e. The van der Waals surface area contributed by atoms with Crippen LogP contribution < -0.4 is 10.2 Å². The number of benzene rings is 1. The number of hydrogen-bond acceptors (Lipinski definition) is 3. The fourth-order valence-corrected chi connectivity index (χ4v) is 1.43. The molecule has 18 heavy (non-hydrogen) atoms. The normalized spacial score (nSPS) is 16.2. The van der Waals surface area contributed by atoms with E-state index in [1.807, 2.05) is 0 Å². The number of rotatable bonds is 1. The van der Waals surface area contributed by atoms with Crippen LogP contribution in [-0.4, -0.2) is 17.8 Å². The highest BCUT2D eigenvalue weighted by Gasteiger charge is 2.38. The lowest BCUT2D eigenvalue weighted by Crippen LogP contribution is -2.30. The molecule has 1 heterocycles. The second-order valence-corrected chi connectivity index (χ2v) is 3.44. The zero-order valence-electron chi connectivity index (χ0n) is 8.62. The van der Waals surface area contributed by atoms with Gasteiger partial charge in [-0.1, -0.05) is 0 Å². The highest BCUT2D eigenvalue weighted by Crippen LogP contribution is 2.30. The van der Waals surface area contributed by atoms with E-state index in [9.17, 15) is 27.6 Å². The summed E-state index contributed by atoms with van der Waals surface area (Å²) in [4.78, 5) is 33.9. The summed E-state index contributed by atoms with van der Waals surface area (Å²) < 4.78 is 36.9. The van der Waals surface area contributed by atoms with Crippen molar-refractivity contribution in [3.63, 3.8) is 0 Å². The van der Waals surface area contributed by atoms with E-state index in [-0.39, 0.29) is 5.69 Å². The molecular weight excluding hydrogens is 253 g/mol. The van der Waals surface area contributed by atoms with Gasteiger partial charge in [-0.05, 0) is 24.3 Å². The van der Waals surface area contributed by atoms with Crippen LogP contribution in [0.3, 0.4) is 0 Å². The Morgan fingerprint density at radius 1 is 1.00 bits per heavy atom. The predicted octanol–water partition coefficient (Wildman–Crippen LogP) is 1.29. The molecule has 0 aliphatic carbocycles. The number of nitrogens with one attached hydrogen (secondary N) is 1. The first-order chi connectivity index (χ1) is 8.30. The third-order valence-electron chi connectivity index (χ3n) is 2.27. The fraction of sp³-hybridized carbons (Fsp3) is 0.100. The summed E-state index contributed by atoms with van der Waals surface area (Å²) in [5.74, 6) is -2.24. The van der Waals surface area contributed by atoms with Crippen molar-refractivity contribution in [3.8, 4) is 0 Å². The number of hydrogen-bond donors (Lipinski definition) is 1. The first-order valence-corrected chi connectivity index (χ1v) is 4.67. The van der Waals surface area contributed by atoms with Crippen molar-refractivity contribution in [1.82, 2.24) is 5.32 Å². The smallest absolute Gasteiger partial charge is 0.269 e. The van der Waals surface area contributed by atoms with E-state index in [1.54, 1.807) is 5.32 Å². The van der Waals surface area contributed by atoms with Gasteiger partial charge in [-0.25, -0.2) is 9.69 Å². The molecule has 5 nitrogen and oxygen atoms in total. The molecule has 1 saturated heterocycles. The molecule has 0 atom stereocenters. The molecule has 0 spiro atoms. The van der Waals surface area contributed by atoms with Gasteiger partial charge in [0.2, 0.25) is 0 Å². The Hall–Kier alpha value is -2.38. The van der Waals surface area contributed by atoms with Gasteiger partial charge in [0.1, 0.15) is 0 Å². The zero-order chi connectivity index (χ0) is 13.5. The highest BCUT2D eigenvalue weighted by atomic mass is 19.4. The fourth-order valence-electron chi connectivity index (χ4n) is 1.43. The van der Waals surface area contributed by atoms with Gasteiger partial charge in [-0.2, -0.15) is 13.2 Å². The Bertz CT molecular complexity index is 536. The minimum atomic E-state index is -4.51. The predicted molar refractivity (Wildman–Crippen MR) is 52.5 cm³/mol. The van der Waals surface area contributed by atoms with Gasteiger partial charge in [0.05, 0.1) is 11.3 Å². The summed E-state index contributed by atoms with van der Waals surface area (Å²) in [6.07, 6.45) is -4.51. The number of amides is 4. The second-order valence-electron chi connectivity index (χ2n) is 3.44. The molecule has 94 valence electrons. The SMILES string of the molecule is O=C1NC(=O)N(c2ccc(C(F)(F)F)cc2)C1=O. The summed E-state index contributed by atoms with van der Waals surface area (Å²) in [5.41, 5.74) is -1.01. The molecule has 1 fully saturated rings. The number of carbonyl (C=O) groups excluding carboxylic acids is 3. The van der Waals surface area contributed by atoms with E-state index >= 15 is 0 Å². The van der Waals surface area contributed by atoms with Crippen molar-refractivity contribution < 1.29 is 27.6 Å². The number of halogens is 3. The number of imide groups is 2. The zero-order valence-corrected chi connectivity index (χ0v) is 8.62. The van der Waals surface area contributed by atoms with Gasteiger partial charge in [0, 0.05) is 0 Å². The van der Waals surface area contributed by atoms with Gasteiger partial charge in [-0.15, -0.1) is 0 Å². The molecule has 0 radical (unpaired) electrons. The van der Waals surface area contributed by atoms with Crippen LogP contribution in [0.5, 0.6) is 0 Å². The van der Waals surface area contributed by atoms with Crippen molar-refractivity contribution in [2.75, 3.05) is 4.90 Å². The monoisotopic (exact) mass is 258 g/mol. The Morgan fingerprint density at radius 3 is 1.94 bits per heavy atom. The van der Waals surface area contributed by atoms with Crippen LogP contribution in [0.1, 0.15) is 5.56 Å². The third-order valence-corrected chi connectivity index (χ3v) is 2.27. The van der Waals surface area contributed by atoms with Crippen molar-refractivity contribution >= 4 is 23.5 Å². The number of anilines is 1. The van der Waals surface area contributed by atoms with Gasteiger partial charge in [-0.3, -0.25) is 14.9 Å². The van der Waals surface area contributed by atoms with Crippen molar-refractivity contribution in [2.45, 2.75) is 6.18 Å². The van der Waals surface area contributed by atoms with Crippen LogP contribution in [0.15, 0.2) is 24.3 Å². The number of alkyl halides is 3. The van der Waals surface area contributed by atoms with Gasteiger partial charge < -0.3 is 0 Å². The molecule has 8 heteroatoms. The van der Waals surface area contributed by atoms with Gasteiger partial charge in [0.15, 0.2) is 0 Å². The van der Waals surface area contributed by atoms with Crippen molar-refractivity contribution in [3.05, 3.63) is 29.8 Å². The minimum absolute atomic E-state index is 0.101. The van der Waals surface area contributed by atoms with E-state index in [4.69, 9.17) is 0 Å². The number of urea groups is 1. The Labute approximate surface area is 98.2 Å². The molecule has 1 aromatic carbocycles. The molecule has 1 aromatic rings. The maximum atomic E-state index is 12.3. The quantitative estimate of drug-likeness (QED) is 0.609. The van der Waals surface area contributed by atoms with Crippen molar-refractivity contribution in [2.24, 2.45) is 0 Å². The topological polar surface area (TPSA) is 66.5 Å². The molecular formula is C10H5F3N2O3. The summed E-state index contributed by atoms with van der Waals surface area (Å²) in [5, 5.41) is 1.74.